The van der Waals surface area contributed by atoms with E-state index < -0.39 is 10.0 Å². The molecule has 0 bridgehead atoms. The molecule has 0 spiro atoms. The van der Waals surface area contributed by atoms with Crippen LogP contribution in [0.25, 0.3) is 0 Å². The maximum Gasteiger partial charge on any atom is 0.215 e. The van der Waals surface area contributed by atoms with Gasteiger partial charge in [0, 0.05) is 19.6 Å². The van der Waals surface area contributed by atoms with Gasteiger partial charge in [-0.05, 0) is 24.7 Å². The Morgan fingerprint density at radius 1 is 1.27 bits per heavy atom. The van der Waals surface area contributed by atoms with Crippen LogP contribution in [0.5, 0.6) is 0 Å². The van der Waals surface area contributed by atoms with Crippen molar-refractivity contribution in [1.29, 1.82) is 0 Å². The highest BCUT2D eigenvalue weighted by atomic mass is 32.2. The fourth-order valence-corrected chi connectivity index (χ4v) is 3.29. The first-order chi connectivity index (χ1) is 6.87. The molecule has 1 heterocycles. The van der Waals surface area contributed by atoms with Gasteiger partial charge in [0.2, 0.25) is 10.0 Å². The monoisotopic (exact) mass is 234 g/mol. The lowest BCUT2D eigenvalue weighted by atomic mass is 9.85. The Morgan fingerprint density at radius 3 is 2.53 bits per heavy atom. The van der Waals surface area contributed by atoms with Crippen molar-refractivity contribution >= 4 is 10.0 Å². The summed E-state index contributed by atoms with van der Waals surface area (Å²) in [7, 11) is -3.10. The molecule has 1 aliphatic heterocycles. The normalized spacial score (nSPS) is 23.7. The van der Waals surface area contributed by atoms with E-state index in [0.717, 1.165) is 19.3 Å². The Bertz CT molecular complexity index is 299. The van der Waals surface area contributed by atoms with Gasteiger partial charge in [0.15, 0.2) is 0 Å². The molecule has 0 aromatic carbocycles. The minimum absolute atomic E-state index is 0.0768. The maximum atomic E-state index is 11.8. The van der Waals surface area contributed by atoms with Crippen molar-refractivity contribution in [2.75, 3.05) is 25.4 Å². The Kier molecular flexibility index (Phi) is 4.14. The van der Waals surface area contributed by atoms with E-state index in [1.807, 2.05) is 0 Å². The van der Waals surface area contributed by atoms with Crippen molar-refractivity contribution in [2.45, 2.75) is 33.1 Å². The summed E-state index contributed by atoms with van der Waals surface area (Å²) in [4.78, 5) is 0. The van der Waals surface area contributed by atoms with Gasteiger partial charge in [-0.2, -0.15) is 0 Å². The van der Waals surface area contributed by atoms with Crippen LogP contribution >= 0.6 is 0 Å². The quantitative estimate of drug-likeness (QED) is 0.785. The van der Waals surface area contributed by atoms with Crippen molar-refractivity contribution in [2.24, 2.45) is 11.1 Å². The zero-order valence-electron chi connectivity index (χ0n) is 9.70. The molecule has 4 nitrogen and oxygen atoms in total. The fraction of sp³-hybridized carbons (Fsp3) is 1.00. The maximum absolute atomic E-state index is 11.8. The van der Waals surface area contributed by atoms with Crippen LogP contribution < -0.4 is 5.73 Å². The summed E-state index contributed by atoms with van der Waals surface area (Å²) in [6.07, 6.45) is 3.00. The van der Waals surface area contributed by atoms with Crippen molar-refractivity contribution in [1.82, 2.24) is 4.31 Å². The van der Waals surface area contributed by atoms with E-state index in [2.05, 4.69) is 13.8 Å². The number of rotatable bonds is 3. The van der Waals surface area contributed by atoms with Gasteiger partial charge in [-0.25, -0.2) is 12.7 Å². The summed E-state index contributed by atoms with van der Waals surface area (Å²) in [5.74, 6) is 0.0768. The van der Waals surface area contributed by atoms with Crippen molar-refractivity contribution in [3.8, 4) is 0 Å². The van der Waals surface area contributed by atoms with Gasteiger partial charge in [0.1, 0.15) is 0 Å². The molecule has 1 fully saturated rings. The number of nitrogens with two attached hydrogens (primary N) is 1. The molecular weight excluding hydrogens is 212 g/mol. The molecule has 2 N–H and O–H groups in total. The lowest BCUT2D eigenvalue weighted by Gasteiger charge is -2.22. The van der Waals surface area contributed by atoms with Gasteiger partial charge >= 0.3 is 0 Å². The van der Waals surface area contributed by atoms with E-state index in [1.54, 1.807) is 4.31 Å². The fourth-order valence-electron chi connectivity index (χ4n) is 1.95. The molecule has 0 radical (unpaired) electrons. The predicted molar refractivity (Wildman–Crippen MR) is 62.0 cm³/mol. The van der Waals surface area contributed by atoms with Crippen molar-refractivity contribution in [3.05, 3.63) is 0 Å². The first-order valence-corrected chi connectivity index (χ1v) is 7.16. The second kappa shape index (κ2) is 4.80. The van der Waals surface area contributed by atoms with Gasteiger partial charge in [-0.1, -0.05) is 13.8 Å². The smallest absolute Gasteiger partial charge is 0.215 e. The van der Waals surface area contributed by atoms with Crippen LogP contribution in [0.2, 0.25) is 0 Å². The summed E-state index contributed by atoms with van der Waals surface area (Å²) in [6, 6.07) is 0. The highest BCUT2D eigenvalue weighted by molar-refractivity contribution is 7.89. The molecule has 15 heavy (non-hydrogen) atoms. The topological polar surface area (TPSA) is 63.4 Å². The molecular formula is C10H22N2O2S. The van der Waals surface area contributed by atoms with Gasteiger partial charge < -0.3 is 5.73 Å². The average Bonchev–Trinajstić information content (AvgIpc) is 2.26. The first-order valence-electron chi connectivity index (χ1n) is 5.55. The van der Waals surface area contributed by atoms with Crippen LogP contribution in [0.15, 0.2) is 0 Å². The third kappa shape index (κ3) is 3.74. The summed E-state index contributed by atoms with van der Waals surface area (Å²) in [5, 5.41) is 0. The van der Waals surface area contributed by atoms with Crippen LogP contribution in [0.4, 0.5) is 0 Å². The molecule has 0 aliphatic carbocycles. The summed E-state index contributed by atoms with van der Waals surface area (Å²) >= 11 is 0. The van der Waals surface area contributed by atoms with E-state index >= 15 is 0 Å². The summed E-state index contributed by atoms with van der Waals surface area (Å²) < 4.78 is 25.2. The highest BCUT2D eigenvalue weighted by Crippen LogP contribution is 2.30. The molecule has 1 saturated heterocycles. The predicted octanol–water partition coefficient (Wildman–Crippen LogP) is 0.787. The Labute approximate surface area is 92.9 Å². The molecule has 0 amide bonds. The van der Waals surface area contributed by atoms with Crippen molar-refractivity contribution in [3.63, 3.8) is 0 Å². The summed E-state index contributed by atoms with van der Waals surface area (Å²) in [6.45, 7) is 5.92. The molecule has 1 rings (SSSR count). The molecule has 0 aromatic rings. The largest absolute Gasteiger partial charge is 0.329 e. The van der Waals surface area contributed by atoms with Crippen LogP contribution in [-0.4, -0.2) is 38.1 Å². The standard InChI is InChI=1S/C10H22N2O2S/c1-10(2)4-3-7-12(8-5-10)15(13,14)9-6-11/h3-9,11H2,1-2H3. The van der Waals surface area contributed by atoms with E-state index in [-0.39, 0.29) is 17.7 Å². The van der Waals surface area contributed by atoms with Gasteiger partial charge in [0.05, 0.1) is 5.75 Å². The molecule has 0 aromatic heterocycles. The third-order valence-electron chi connectivity index (χ3n) is 3.07. The molecule has 0 atom stereocenters. The third-order valence-corrected chi connectivity index (χ3v) is 4.97. The Hall–Kier alpha value is -0.130. The number of nitrogens with zero attached hydrogens (tertiary/aromatic N) is 1. The lowest BCUT2D eigenvalue weighted by molar-refractivity contribution is 0.315. The second-order valence-electron chi connectivity index (χ2n) is 5.02. The Balaban J connectivity index is 2.66. The van der Waals surface area contributed by atoms with E-state index in [1.165, 1.54) is 0 Å². The molecule has 1 aliphatic rings. The highest BCUT2D eigenvalue weighted by Gasteiger charge is 2.28. The van der Waals surface area contributed by atoms with Crippen LogP contribution in [0, 0.1) is 5.41 Å². The first kappa shape index (κ1) is 12.9. The van der Waals surface area contributed by atoms with Crippen LogP contribution in [-0.2, 0) is 10.0 Å². The minimum Gasteiger partial charge on any atom is -0.329 e. The lowest BCUT2D eigenvalue weighted by Crippen LogP contribution is -2.36. The van der Waals surface area contributed by atoms with E-state index in [9.17, 15) is 8.42 Å². The number of hydrogen-bond acceptors (Lipinski definition) is 3. The second-order valence-corrected chi connectivity index (χ2v) is 7.11. The molecule has 0 saturated carbocycles. The minimum atomic E-state index is -3.10. The number of hydrogen-bond donors (Lipinski definition) is 1. The molecule has 5 heteroatoms. The number of sulfonamides is 1. The SMILES string of the molecule is CC1(C)CCCN(S(=O)(=O)CCN)CC1. The van der Waals surface area contributed by atoms with Crippen molar-refractivity contribution < 1.29 is 8.42 Å². The average molecular weight is 234 g/mol. The van der Waals surface area contributed by atoms with Gasteiger partial charge in [0.25, 0.3) is 0 Å². The van der Waals surface area contributed by atoms with Crippen LogP contribution in [0.1, 0.15) is 33.1 Å². The zero-order valence-corrected chi connectivity index (χ0v) is 10.5. The van der Waals surface area contributed by atoms with E-state index in [0.29, 0.717) is 13.1 Å². The zero-order chi connectivity index (χ0) is 11.5. The molecule has 90 valence electrons. The van der Waals surface area contributed by atoms with Gasteiger partial charge in [-0.3, -0.25) is 0 Å². The summed E-state index contributed by atoms with van der Waals surface area (Å²) in [5.41, 5.74) is 5.58. The Morgan fingerprint density at radius 2 is 1.93 bits per heavy atom. The van der Waals surface area contributed by atoms with Crippen LogP contribution in [0.3, 0.4) is 0 Å². The van der Waals surface area contributed by atoms with Gasteiger partial charge in [-0.15, -0.1) is 0 Å². The molecule has 0 unspecified atom stereocenters. The van der Waals surface area contributed by atoms with E-state index in [4.69, 9.17) is 5.73 Å².